The minimum absolute atomic E-state index is 0.0885. The lowest BCUT2D eigenvalue weighted by Crippen LogP contribution is -2.17. The Morgan fingerprint density at radius 3 is 2.86 bits per heavy atom. The van der Waals surface area contributed by atoms with Gasteiger partial charge in [0.05, 0.1) is 6.61 Å². The zero-order valence-electron chi connectivity index (χ0n) is 8.50. The van der Waals surface area contributed by atoms with Crippen LogP contribution in [0.25, 0.3) is 0 Å². The number of rotatable bonds is 5. The molecule has 0 bridgehead atoms. The maximum atomic E-state index is 5.65. The van der Waals surface area contributed by atoms with Gasteiger partial charge in [-0.25, -0.2) is 0 Å². The number of hydrogen-bond acceptors (Lipinski definition) is 2. The predicted octanol–water partition coefficient (Wildman–Crippen LogP) is 3.00. The smallest absolute Gasteiger partial charge is 0.120 e. The van der Waals surface area contributed by atoms with Crippen molar-refractivity contribution in [1.82, 2.24) is 0 Å². The summed E-state index contributed by atoms with van der Waals surface area (Å²) in [6, 6.07) is 8.03. The van der Waals surface area contributed by atoms with Crippen LogP contribution in [-0.4, -0.2) is 19.8 Å². The molecular formula is C11H15BrO2. The van der Waals surface area contributed by atoms with E-state index in [1.165, 1.54) is 5.56 Å². The van der Waals surface area contributed by atoms with Crippen LogP contribution in [0.2, 0.25) is 0 Å². The molecule has 0 N–H and O–H groups in total. The molecule has 0 spiro atoms. The Morgan fingerprint density at radius 2 is 2.21 bits per heavy atom. The van der Waals surface area contributed by atoms with Crippen LogP contribution in [0.5, 0.6) is 5.75 Å². The van der Waals surface area contributed by atoms with Gasteiger partial charge in [0.2, 0.25) is 0 Å². The highest BCUT2D eigenvalue weighted by Crippen LogP contribution is 2.16. The summed E-state index contributed by atoms with van der Waals surface area (Å²) < 4.78 is 10.6. The largest absolute Gasteiger partial charge is 0.488 e. The van der Waals surface area contributed by atoms with Crippen molar-refractivity contribution in [3.63, 3.8) is 0 Å². The Kier molecular flexibility index (Phi) is 4.98. The third-order valence-corrected chi connectivity index (χ3v) is 2.44. The molecule has 14 heavy (non-hydrogen) atoms. The van der Waals surface area contributed by atoms with Crippen LogP contribution < -0.4 is 4.74 Å². The van der Waals surface area contributed by atoms with Crippen LogP contribution in [0.15, 0.2) is 24.3 Å². The van der Waals surface area contributed by atoms with Gasteiger partial charge >= 0.3 is 0 Å². The molecule has 1 rings (SSSR count). The number of hydrogen-bond donors (Lipinski definition) is 0. The number of benzene rings is 1. The van der Waals surface area contributed by atoms with Gasteiger partial charge in [0.1, 0.15) is 11.9 Å². The van der Waals surface area contributed by atoms with E-state index in [9.17, 15) is 0 Å². The first-order valence-corrected chi connectivity index (χ1v) is 5.69. The van der Waals surface area contributed by atoms with Gasteiger partial charge < -0.3 is 9.47 Å². The molecule has 0 fully saturated rings. The van der Waals surface area contributed by atoms with Crippen LogP contribution in [-0.2, 0) is 10.1 Å². The van der Waals surface area contributed by atoms with Crippen LogP contribution in [0, 0.1) is 0 Å². The van der Waals surface area contributed by atoms with E-state index in [1.807, 2.05) is 25.1 Å². The van der Waals surface area contributed by atoms with Crippen molar-refractivity contribution in [1.29, 1.82) is 0 Å². The lowest BCUT2D eigenvalue weighted by molar-refractivity contribution is 0.0920. The molecule has 1 atom stereocenters. The van der Waals surface area contributed by atoms with Gasteiger partial charge in [0.15, 0.2) is 0 Å². The first kappa shape index (κ1) is 11.5. The van der Waals surface area contributed by atoms with Crippen LogP contribution in [0.1, 0.15) is 12.5 Å². The van der Waals surface area contributed by atoms with Gasteiger partial charge in [0.25, 0.3) is 0 Å². The van der Waals surface area contributed by atoms with E-state index in [-0.39, 0.29) is 6.10 Å². The molecule has 1 unspecified atom stereocenters. The molecule has 0 aliphatic rings. The molecule has 0 heterocycles. The predicted molar refractivity (Wildman–Crippen MR) is 61.0 cm³/mol. The van der Waals surface area contributed by atoms with Crippen LogP contribution >= 0.6 is 15.9 Å². The molecule has 0 saturated carbocycles. The summed E-state index contributed by atoms with van der Waals surface area (Å²) in [4.78, 5) is 0. The number of ether oxygens (including phenoxy) is 2. The van der Waals surface area contributed by atoms with Gasteiger partial charge in [-0.3, -0.25) is 0 Å². The molecule has 0 amide bonds. The number of halogens is 1. The monoisotopic (exact) mass is 258 g/mol. The second-order valence-corrected chi connectivity index (χ2v) is 3.73. The Balaban J connectivity index is 2.57. The zero-order chi connectivity index (χ0) is 10.4. The molecular weight excluding hydrogens is 244 g/mol. The molecule has 0 saturated heterocycles. The summed E-state index contributed by atoms with van der Waals surface area (Å²) in [6.45, 7) is 2.60. The molecule has 0 aliphatic heterocycles. The van der Waals surface area contributed by atoms with E-state index in [4.69, 9.17) is 9.47 Å². The SMILES string of the molecule is COCC(C)Oc1cccc(CBr)c1. The third-order valence-electron chi connectivity index (χ3n) is 1.79. The minimum atomic E-state index is 0.0885. The highest BCUT2D eigenvalue weighted by Gasteiger charge is 2.03. The van der Waals surface area contributed by atoms with Gasteiger partial charge in [-0.2, -0.15) is 0 Å². The minimum Gasteiger partial charge on any atom is -0.488 e. The second-order valence-electron chi connectivity index (χ2n) is 3.16. The molecule has 3 heteroatoms. The van der Waals surface area contributed by atoms with Crippen molar-refractivity contribution in [2.24, 2.45) is 0 Å². The van der Waals surface area contributed by atoms with Crippen molar-refractivity contribution in [3.8, 4) is 5.75 Å². The van der Waals surface area contributed by atoms with Gasteiger partial charge in [-0.1, -0.05) is 28.1 Å². The molecule has 1 aromatic carbocycles. The zero-order valence-corrected chi connectivity index (χ0v) is 10.1. The highest BCUT2D eigenvalue weighted by molar-refractivity contribution is 9.08. The standard InChI is InChI=1S/C11H15BrO2/c1-9(8-13-2)14-11-5-3-4-10(6-11)7-12/h3-6,9H,7-8H2,1-2H3. The maximum absolute atomic E-state index is 5.65. The van der Waals surface area contributed by atoms with E-state index in [0.717, 1.165) is 11.1 Å². The summed E-state index contributed by atoms with van der Waals surface area (Å²) in [6.07, 6.45) is 0.0885. The average Bonchev–Trinajstić information content (AvgIpc) is 2.18. The fourth-order valence-corrected chi connectivity index (χ4v) is 1.55. The van der Waals surface area contributed by atoms with Gasteiger partial charge in [0, 0.05) is 12.4 Å². The lowest BCUT2D eigenvalue weighted by atomic mass is 10.2. The van der Waals surface area contributed by atoms with E-state index in [2.05, 4.69) is 22.0 Å². The summed E-state index contributed by atoms with van der Waals surface area (Å²) in [5.74, 6) is 0.895. The Labute approximate surface area is 93.4 Å². The summed E-state index contributed by atoms with van der Waals surface area (Å²) >= 11 is 3.41. The topological polar surface area (TPSA) is 18.5 Å². The molecule has 2 nitrogen and oxygen atoms in total. The number of methoxy groups -OCH3 is 1. The molecule has 0 aliphatic carbocycles. The fourth-order valence-electron chi connectivity index (χ4n) is 1.20. The first-order chi connectivity index (χ1) is 6.76. The van der Waals surface area contributed by atoms with Gasteiger partial charge in [-0.05, 0) is 24.6 Å². The molecule has 1 aromatic rings. The van der Waals surface area contributed by atoms with Crippen molar-refractivity contribution < 1.29 is 9.47 Å². The lowest BCUT2D eigenvalue weighted by Gasteiger charge is -2.13. The van der Waals surface area contributed by atoms with E-state index in [1.54, 1.807) is 7.11 Å². The number of alkyl halides is 1. The molecule has 0 radical (unpaired) electrons. The van der Waals surface area contributed by atoms with Crippen LogP contribution in [0.3, 0.4) is 0 Å². The fraction of sp³-hybridized carbons (Fsp3) is 0.455. The normalized spacial score (nSPS) is 12.5. The summed E-state index contributed by atoms with van der Waals surface area (Å²) in [5, 5.41) is 0.850. The molecule has 0 aromatic heterocycles. The van der Waals surface area contributed by atoms with Crippen molar-refractivity contribution in [2.45, 2.75) is 18.4 Å². The average molecular weight is 259 g/mol. The Hall–Kier alpha value is -0.540. The summed E-state index contributed by atoms with van der Waals surface area (Å²) in [7, 11) is 1.68. The van der Waals surface area contributed by atoms with Crippen molar-refractivity contribution in [2.75, 3.05) is 13.7 Å². The molecule has 78 valence electrons. The van der Waals surface area contributed by atoms with E-state index in [0.29, 0.717) is 6.61 Å². The third kappa shape index (κ3) is 3.68. The Bertz CT molecular complexity index is 276. The van der Waals surface area contributed by atoms with Crippen molar-refractivity contribution >= 4 is 15.9 Å². The second kappa shape index (κ2) is 6.04. The first-order valence-electron chi connectivity index (χ1n) is 4.56. The highest BCUT2D eigenvalue weighted by atomic mass is 79.9. The Morgan fingerprint density at radius 1 is 1.43 bits per heavy atom. The quantitative estimate of drug-likeness (QED) is 0.757. The van der Waals surface area contributed by atoms with E-state index < -0.39 is 0 Å². The maximum Gasteiger partial charge on any atom is 0.120 e. The summed E-state index contributed by atoms with van der Waals surface area (Å²) in [5.41, 5.74) is 1.21. The van der Waals surface area contributed by atoms with Crippen molar-refractivity contribution in [3.05, 3.63) is 29.8 Å². The van der Waals surface area contributed by atoms with E-state index >= 15 is 0 Å². The van der Waals surface area contributed by atoms with Gasteiger partial charge in [-0.15, -0.1) is 0 Å². The van der Waals surface area contributed by atoms with Crippen LogP contribution in [0.4, 0.5) is 0 Å².